The molecule has 4 rings (SSSR count). The fraction of sp³-hybridized carbons (Fsp3) is 0.421. The molecule has 0 spiro atoms. The number of carbonyl (C=O) groups is 1. The summed E-state index contributed by atoms with van der Waals surface area (Å²) in [4.78, 5) is 27.2. The molecule has 6 nitrogen and oxygen atoms in total. The van der Waals surface area contributed by atoms with Crippen LogP contribution in [-0.4, -0.2) is 38.2 Å². The minimum atomic E-state index is -0.410. The molecule has 1 aliphatic heterocycles. The lowest BCUT2D eigenvalue weighted by Crippen LogP contribution is -2.31. The van der Waals surface area contributed by atoms with Crippen LogP contribution in [0.25, 0.3) is 21.8 Å². The van der Waals surface area contributed by atoms with E-state index in [0.29, 0.717) is 22.3 Å². The number of hydrogen-bond donors (Lipinski definition) is 0. The van der Waals surface area contributed by atoms with Gasteiger partial charge in [0.05, 0.1) is 22.6 Å². The SMILES string of the molecule is C[C@H]1CCN(C(=O)CCn2c(=O)c3cnn(C)c3c3ccc(F)cc32)C1. The van der Waals surface area contributed by atoms with Crippen LogP contribution in [0.2, 0.25) is 0 Å². The van der Waals surface area contributed by atoms with E-state index in [-0.39, 0.29) is 24.4 Å². The number of rotatable bonds is 3. The number of halogens is 1. The highest BCUT2D eigenvalue weighted by atomic mass is 19.1. The minimum Gasteiger partial charge on any atom is -0.342 e. The Bertz CT molecular complexity index is 1070. The summed E-state index contributed by atoms with van der Waals surface area (Å²) in [5.74, 6) is 0.146. The van der Waals surface area contributed by atoms with Crippen LogP contribution in [0.15, 0.2) is 29.2 Å². The molecule has 0 unspecified atom stereocenters. The molecule has 1 fully saturated rings. The van der Waals surface area contributed by atoms with E-state index in [1.165, 1.54) is 22.9 Å². The first kappa shape index (κ1) is 16.8. The van der Waals surface area contributed by atoms with E-state index in [0.717, 1.165) is 24.9 Å². The van der Waals surface area contributed by atoms with E-state index >= 15 is 0 Å². The Kier molecular flexibility index (Phi) is 4.01. The van der Waals surface area contributed by atoms with Crippen molar-refractivity contribution in [1.29, 1.82) is 0 Å². The van der Waals surface area contributed by atoms with Crippen molar-refractivity contribution in [3.05, 3.63) is 40.6 Å². The van der Waals surface area contributed by atoms with Gasteiger partial charge < -0.3 is 9.47 Å². The second-order valence-electron chi connectivity index (χ2n) is 7.13. The Hall–Kier alpha value is -2.70. The highest BCUT2D eigenvalue weighted by Gasteiger charge is 2.23. The highest BCUT2D eigenvalue weighted by Crippen LogP contribution is 2.23. The van der Waals surface area contributed by atoms with E-state index in [1.54, 1.807) is 17.8 Å². The summed E-state index contributed by atoms with van der Waals surface area (Å²) in [6.45, 7) is 3.90. The van der Waals surface area contributed by atoms with Gasteiger partial charge in [0.15, 0.2) is 0 Å². The maximum Gasteiger partial charge on any atom is 0.262 e. The van der Waals surface area contributed by atoms with E-state index in [1.807, 2.05) is 4.90 Å². The van der Waals surface area contributed by atoms with Gasteiger partial charge in [-0.2, -0.15) is 5.10 Å². The third kappa shape index (κ3) is 2.67. The third-order valence-corrected chi connectivity index (χ3v) is 5.25. The molecule has 1 aromatic carbocycles. The summed E-state index contributed by atoms with van der Waals surface area (Å²) in [6.07, 6.45) is 2.77. The van der Waals surface area contributed by atoms with Crippen molar-refractivity contribution in [3.8, 4) is 0 Å². The van der Waals surface area contributed by atoms with Gasteiger partial charge >= 0.3 is 0 Å². The van der Waals surface area contributed by atoms with Gasteiger partial charge in [0.2, 0.25) is 5.91 Å². The number of aromatic nitrogens is 3. The smallest absolute Gasteiger partial charge is 0.262 e. The maximum absolute atomic E-state index is 13.8. The van der Waals surface area contributed by atoms with Crippen molar-refractivity contribution in [1.82, 2.24) is 19.2 Å². The summed E-state index contributed by atoms with van der Waals surface area (Å²) in [5, 5.41) is 5.40. The lowest BCUT2D eigenvalue weighted by atomic mass is 10.1. The first-order chi connectivity index (χ1) is 12.5. The van der Waals surface area contributed by atoms with Gasteiger partial charge in [-0.05, 0) is 30.5 Å². The Balaban J connectivity index is 1.76. The van der Waals surface area contributed by atoms with Crippen molar-refractivity contribution in [3.63, 3.8) is 0 Å². The Morgan fingerprint density at radius 1 is 1.35 bits per heavy atom. The molecule has 0 radical (unpaired) electrons. The number of benzene rings is 1. The van der Waals surface area contributed by atoms with Gasteiger partial charge in [-0.15, -0.1) is 0 Å². The summed E-state index contributed by atoms with van der Waals surface area (Å²) >= 11 is 0. The lowest BCUT2D eigenvalue weighted by Gasteiger charge is -2.17. The number of fused-ring (bicyclic) bond motifs is 3. The van der Waals surface area contributed by atoms with Crippen LogP contribution in [0.3, 0.4) is 0 Å². The van der Waals surface area contributed by atoms with E-state index in [2.05, 4.69) is 12.0 Å². The molecule has 1 saturated heterocycles. The van der Waals surface area contributed by atoms with Crippen molar-refractivity contribution in [2.75, 3.05) is 13.1 Å². The van der Waals surface area contributed by atoms with E-state index in [4.69, 9.17) is 0 Å². The van der Waals surface area contributed by atoms with Crippen LogP contribution in [0, 0.1) is 11.7 Å². The zero-order valence-corrected chi connectivity index (χ0v) is 14.9. The molecule has 0 aliphatic carbocycles. The normalized spacial score (nSPS) is 17.5. The molecule has 7 heteroatoms. The van der Waals surface area contributed by atoms with Crippen LogP contribution in [0.5, 0.6) is 0 Å². The summed E-state index contributed by atoms with van der Waals surface area (Å²) < 4.78 is 17.0. The second kappa shape index (κ2) is 6.23. The topological polar surface area (TPSA) is 60.1 Å². The minimum absolute atomic E-state index is 0.0390. The summed E-state index contributed by atoms with van der Waals surface area (Å²) in [5.41, 5.74) is 0.934. The molecule has 26 heavy (non-hydrogen) atoms. The predicted octanol–water partition coefficient (Wildman–Crippen LogP) is 2.29. The molecule has 3 heterocycles. The summed E-state index contributed by atoms with van der Waals surface area (Å²) in [7, 11) is 1.76. The zero-order valence-electron chi connectivity index (χ0n) is 14.9. The monoisotopic (exact) mass is 356 g/mol. The van der Waals surface area contributed by atoms with Gasteiger partial charge in [-0.25, -0.2) is 4.39 Å². The van der Waals surface area contributed by atoms with Gasteiger partial charge in [0.1, 0.15) is 5.82 Å². The Labute approximate surface area is 149 Å². The number of carbonyl (C=O) groups excluding carboxylic acids is 1. The average molecular weight is 356 g/mol. The van der Waals surface area contributed by atoms with Gasteiger partial charge in [-0.3, -0.25) is 14.3 Å². The molecular weight excluding hydrogens is 335 g/mol. The molecule has 0 saturated carbocycles. The fourth-order valence-corrected chi connectivity index (χ4v) is 3.85. The van der Waals surface area contributed by atoms with Crippen LogP contribution < -0.4 is 5.56 Å². The highest BCUT2D eigenvalue weighted by molar-refractivity contribution is 6.03. The zero-order chi connectivity index (χ0) is 18.4. The van der Waals surface area contributed by atoms with E-state index < -0.39 is 5.82 Å². The van der Waals surface area contributed by atoms with Gasteiger partial charge in [-0.1, -0.05) is 6.92 Å². The van der Waals surface area contributed by atoms with Crippen LogP contribution in [-0.2, 0) is 18.4 Å². The quantitative estimate of drug-likeness (QED) is 0.723. The lowest BCUT2D eigenvalue weighted by molar-refractivity contribution is -0.130. The number of pyridine rings is 1. The largest absolute Gasteiger partial charge is 0.342 e. The average Bonchev–Trinajstić information content (AvgIpc) is 3.21. The van der Waals surface area contributed by atoms with Crippen LogP contribution >= 0.6 is 0 Å². The fourth-order valence-electron chi connectivity index (χ4n) is 3.85. The molecule has 136 valence electrons. The third-order valence-electron chi connectivity index (χ3n) is 5.25. The van der Waals surface area contributed by atoms with Gasteiger partial charge in [0.25, 0.3) is 5.56 Å². The number of nitrogens with zero attached hydrogens (tertiary/aromatic N) is 4. The number of aryl methyl sites for hydroxylation is 2. The standard InChI is InChI=1S/C19H21FN4O2/c1-12-5-7-23(11-12)17(25)6-8-24-16-9-13(20)3-4-14(16)18-15(19(24)26)10-21-22(18)2/h3-4,9-10,12H,5-8,11H2,1-2H3/t12-/m0/s1. The first-order valence-electron chi connectivity index (χ1n) is 8.87. The number of hydrogen-bond acceptors (Lipinski definition) is 3. The predicted molar refractivity (Wildman–Crippen MR) is 97.4 cm³/mol. The molecule has 1 atom stereocenters. The van der Waals surface area contributed by atoms with Crippen LogP contribution in [0.1, 0.15) is 19.8 Å². The van der Waals surface area contributed by atoms with Gasteiger partial charge in [0, 0.05) is 38.5 Å². The molecule has 2 aromatic heterocycles. The Morgan fingerprint density at radius 3 is 2.88 bits per heavy atom. The Morgan fingerprint density at radius 2 is 2.15 bits per heavy atom. The second-order valence-corrected chi connectivity index (χ2v) is 7.13. The van der Waals surface area contributed by atoms with Crippen molar-refractivity contribution in [2.45, 2.75) is 26.3 Å². The molecule has 1 amide bonds. The summed E-state index contributed by atoms with van der Waals surface area (Å²) in [6, 6.07) is 4.39. The van der Waals surface area contributed by atoms with Crippen molar-refractivity contribution >= 4 is 27.7 Å². The maximum atomic E-state index is 13.8. The molecule has 3 aromatic rings. The number of amides is 1. The molecular formula is C19H21FN4O2. The molecule has 0 N–H and O–H groups in total. The van der Waals surface area contributed by atoms with Crippen molar-refractivity contribution in [2.24, 2.45) is 13.0 Å². The van der Waals surface area contributed by atoms with Crippen LogP contribution in [0.4, 0.5) is 4.39 Å². The first-order valence-corrected chi connectivity index (χ1v) is 8.87. The molecule has 1 aliphatic rings. The molecule has 0 bridgehead atoms. The van der Waals surface area contributed by atoms with Crippen molar-refractivity contribution < 1.29 is 9.18 Å². The number of likely N-dealkylation sites (tertiary alicyclic amines) is 1. The van der Waals surface area contributed by atoms with E-state index in [9.17, 15) is 14.0 Å².